The molecule has 1 radical (unpaired) electrons. The van der Waals surface area contributed by atoms with Crippen LogP contribution in [0.15, 0.2) is 0 Å². The number of hydrogen-bond acceptors (Lipinski definition) is 0. The Balaban J connectivity index is 0. The fraction of sp³-hybridized carbons (Fsp3) is 1.00. The second kappa shape index (κ2) is 3.53. The summed E-state index contributed by atoms with van der Waals surface area (Å²) >= 11 is 0. The maximum Gasteiger partial charge on any atom is 0.0671 e. The molecule has 0 saturated heterocycles. The zero-order valence-corrected chi connectivity index (χ0v) is 8.46. The van der Waals surface area contributed by atoms with Crippen molar-refractivity contribution < 1.29 is 34.1 Å². The summed E-state index contributed by atoms with van der Waals surface area (Å²) in [4.78, 5) is 0. The third-order valence-corrected chi connectivity index (χ3v) is 0. The molecule has 0 saturated carbocycles. The maximum atomic E-state index is 6.90. The van der Waals surface area contributed by atoms with E-state index in [1.165, 1.54) is 0 Å². The van der Waals surface area contributed by atoms with Gasteiger partial charge in [0.1, 0.15) is 0 Å². The predicted molar refractivity (Wildman–Crippen MR) is 30.6 cm³/mol. The van der Waals surface area contributed by atoms with Crippen LogP contribution in [0.1, 0.15) is 1.37 Å². The first-order valence-electron chi connectivity index (χ1n) is 2.36. The molecule has 2 heteroatoms. The summed E-state index contributed by atoms with van der Waals surface area (Å²) in [5.74, 6) is 0. The van der Waals surface area contributed by atoms with E-state index in [9.17, 15) is 0 Å². The average molecular weight is 181 g/mol. The van der Waals surface area contributed by atoms with Crippen molar-refractivity contribution in [3.05, 3.63) is 0 Å². The first kappa shape index (κ1) is 7.53. The van der Waals surface area contributed by atoms with Gasteiger partial charge in [0, 0.05) is 66.6 Å². The molecule has 0 aromatic rings. The molecule has 0 atom stereocenters. The molecule has 0 heterocycles. The minimum atomic E-state index is -0.730. The molecule has 0 aliphatic rings. The van der Waals surface area contributed by atoms with E-state index in [0.29, 0.717) is 6.64 Å². The minimum absolute atomic E-state index is 0. The van der Waals surface area contributed by atoms with Crippen molar-refractivity contribution in [1.29, 1.82) is 0 Å². The van der Waals surface area contributed by atoms with Gasteiger partial charge in [-0.25, -0.2) is 0 Å². The van der Waals surface area contributed by atoms with Crippen LogP contribution in [0.25, 0.3) is 0 Å². The summed E-state index contributed by atoms with van der Waals surface area (Å²) in [7, 11) is -0.730. The van der Waals surface area contributed by atoms with E-state index in [1.54, 1.807) is 0 Å². The van der Waals surface area contributed by atoms with Crippen LogP contribution >= 0.6 is 7.26 Å². The van der Waals surface area contributed by atoms with Gasteiger partial charge in [0.05, 0.1) is 1.37 Å². The summed E-state index contributed by atoms with van der Waals surface area (Å²) < 4.78 is 6.90. The summed E-state index contributed by atoms with van der Waals surface area (Å²) in [6.07, 6.45) is 0. The molecule has 0 fully saturated rings. The molecule has 0 rings (SSSR count). The van der Waals surface area contributed by atoms with Crippen LogP contribution in [0.4, 0.5) is 0 Å². The first-order valence-corrected chi connectivity index (χ1v) is 4.97. The van der Waals surface area contributed by atoms with Gasteiger partial charge < -0.3 is 0 Å². The Bertz CT molecular complexity index is 41.4. The third-order valence-electron chi connectivity index (χ3n) is 0. The number of hydrogen-bond donors (Lipinski definition) is 0. The zero-order chi connectivity index (χ0) is 5.21. The smallest absolute Gasteiger partial charge is 0 e. The molecular formula is C4H12PY+. The Morgan fingerprint density at radius 2 is 1.50 bits per heavy atom. The average Bonchev–Trinajstić information content (AvgIpc) is 1.35. The predicted octanol–water partition coefficient (Wildman–Crippen LogP) is 1.52. The first-order chi connectivity index (χ1) is 2.56. The van der Waals surface area contributed by atoms with Gasteiger partial charge in [0.25, 0.3) is 0 Å². The Labute approximate surface area is 67.7 Å². The summed E-state index contributed by atoms with van der Waals surface area (Å²) in [5.41, 5.74) is 0. The minimum Gasteiger partial charge on any atom is 0 e. The Morgan fingerprint density at radius 1 is 1.33 bits per heavy atom. The zero-order valence-electron chi connectivity index (χ0n) is 5.73. The molecule has 0 N–H and O–H groups in total. The van der Waals surface area contributed by atoms with E-state index < -0.39 is 7.26 Å². The number of rotatable bonds is 0. The molecule has 0 aliphatic heterocycles. The van der Waals surface area contributed by atoms with Crippen LogP contribution in [-0.4, -0.2) is 26.6 Å². The second-order valence-corrected chi connectivity index (χ2v) is 6.87. The topological polar surface area (TPSA) is 0 Å². The molecule has 0 bridgehead atoms. The van der Waals surface area contributed by atoms with Crippen molar-refractivity contribution in [3.63, 3.8) is 0 Å². The summed E-state index contributed by atoms with van der Waals surface area (Å²) in [5, 5.41) is 0. The largest absolute Gasteiger partial charge is 0.0671 e. The molecule has 0 unspecified atom stereocenters. The third kappa shape index (κ3) is 48.3. The van der Waals surface area contributed by atoms with Crippen LogP contribution in [-0.2, 0) is 32.7 Å². The van der Waals surface area contributed by atoms with Gasteiger partial charge in [0.15, 0.2) is 0 Å². The molecule has 0 amide bonds. The van der Waals surface area contributed by atoms with Crippen molar-refractivity contribution in [1.82, 2.24) is 0 Å². The Morgan fingerprint density at radius 3 is 1.50 bits per heavy atom. The molecule has 0 aromatic carbocycles. The fourth-order valence-electron chi connectivity index (χ4n) is 0. The SMILES string of the molecule is [2H]C[P+](C)(C)C.[Y]. The van der Waals surface area contributed by atoms with Crippen molar-refractivity contribution in [2.24, 2.45) is 0 Å². The van der Waals surface area contributed by atoms with Gasteiger partial charge in [-0.2, -0.15) is 0 Å². The Hall–Kier alpha value is 1.53. The summed E-state index contributed by atoms with van der Waals surface area (Å²) in [6.45, 7) is 7.13. The van der Waals surface area contributed by atoms with Gasteiger partial charge in [-0.1, -0.05) is 0 Å². The van der Waals surface area contributed by atoms with Crippen LogP contribution < -0.4 is 0 Å². The fourth-order valence-corrected chi connectivity index (χ4v) is 0. The molecule has 35 valence electrons. The van der Waals surface area contributed by atoms with Crippen molar-refractivity contribution in [2.45, 2.75) is 0 Å². The van der Waals surface area contributed by atoms with Crippen molar-refractivity contribution in [3.8, 4) is 0 Å². The van der Waals surface area contributed by atoms with Crippen LogP contribution in [0.2, 0.25) is 0 Å². The van der Waals surface area contributed by atoms with Crippen molar-refractivity contribution in [2.75, 3.05) is 26.6 Å². The Kier molecular flexibility index (Phi) is 4.43. The standard InChI is InChI=1S/C4H12P.Y/c1-5(2,3)4;/h1-4H3;/q+1;/i1D;. The normalized spacial score (nSPS) is 12.2. The van der Waals surface area contributed by atoms with Crippen LogP contribution in [0, 0.1) is 0 Å². The molecule has 6 heavy (non-hydrogen) atoms. The van der Waals surface area contributed by atoms with E-state index >= 15 is 0 Å². The van der Waals surface area contributed by atoms with Gasteiger partial charge in [-0.15, -0.1) is 0 Å². The van der Waals surface area contributed by atoms with Gasteiger partial charge >= 0.3 is 0 Å². The van der Waals surface area contributed by atoms with E-state index in [1.807, 2.05) is 0 Å². The van der Waals surface area contributed by atoms with Gasteiger partial charge in [0.2, 0.25) is 0 Å². The molecule has 0 aromatic heterocycles. The van der Waals surface area contributed by atoms with E-state index in [-0.39, 0.29) is 32.7 Å². The monoisotopic (exact) mass is 181 g/mol. The van der Waals surface area contributed by atoms with E-state index in [0.717, 1.165) is 0 Å². The van der Waals surface area contributed by atoms with Gasteiger partial charge in [-0.05, 0) is 0 Å². The molecule has 0 aliphatic carbocycles. The molecular weight excluding hydrogens is 168 g/mol. The molecule has 0 nitrogen and oxygen atoms in total. The van der Waals surface area contributed by atoms with E-state index in [4.69, 9.17) is 1.37 Å². The van der Waals surface area contributed by atoms with Crippen LogP contribution in [0.3, 0.4) is 0 Å². The van der Waals surface area contributed by atoms with E-state index in [2.05, 4.69) is 20.0 Å². The van der Waals surface area contributed by atoms with Crippen molar-refractivity contribution >= 4 is 7.26 Å². The maximum absolute atomic E-state index is 6.90. The summed E-state index contributed by atoms with van der Waals surface area (Å²) in [6, 6.07) is 0. The second-order valence-electron chi connectivity index (χ2n) is 2.29. The van der Waals surface area contributed by atoms with Gasteiger partial charge in [-0.3, -0.25) is 0 Å². The quantitative estimate of drug-likeness (QED) is 0.497. The molecule has 0 spiro atoms. The van der Waals surface area contributed by atoms with Crippen LogP contribution in [0.5, 0.6) is 0 Å².